The zero-order valence-corrected chi connectivity index (χ0v) is 13.2. The lowest BCUT2D eigenvalue weighted by Crippen LogP contribution is -2.16. The van der Waals surface area contributed by atoms with E-state index < -0.39 is 21.7 Å². The molecule has 2 aromatic carbocycles. The molecule has 0 saturated carbocycles. The Morgan fingerprint density at radius 1 is 1.20 bits per heavy atom. The van der Waals surface area contributed by atoms with Crippen LogP contribution in [0.1, 0.15) is 10.4 Å². The first-order valence-electron chi connectivity index (χ1n) is 7.01. The zero-order valence-electron chi connectivity index (χ0n) is 12.4. The van der Waals surface area contributed by atoms with E-state index in [1.165, 1.54) is 40.8 Å². The molecule has 0 saturated heterocycles. The van der Waals surface area contributed by atoms with Gasteiger partial charge in [-0.2, -0.15) is 8.42 Å². The standard InChI is InChI=1S/C15H10N4O5S/c16-13(20)7-1-4-12-11(5-7)17-14-9-6-8(25(22,23)24)2-3-10(9)18-15(21)19(12)14/h1-6H,(H2,16,20)(H,18,21)(H,22,23,24). The number of carbonyl (C=O) groups is 1. The summed E-state index contributed by atoms with van der Waals surface area (Å²) in [4.78, 5) is 30.3. The fourth-order valence-corrected chi connectivity index (χ4v) is 3.28. The van der Waals surface area contributed by atoms with E-state index in [9.17, 15) is 22.6 Å². The van der Waals surface area contributed by atoms with Crippen LogP contribution in [0, 0.1) is 0 Å². The summed E-state index contributed by atoms with van der Waals surface area (Å²) in [6, 6.07) is 8.21. The first-order valence-corrected chi connectivity index (χ1v) is 8.45. The lowest BCUT2D eigenvalue weighted by atomic mass is 10.2. The van der Waals surface area contributed by atoms with Gasteiger partial charge in [0.15, 0.2) is 5.65 Å². The number of hydrogen-bond donors (Lipinski definition) is 3. The SMILES string of the molecule is NC(=O)c1ccc2c(c1)nc1c3cc(S(=O)(=O)O)ccc3[nH]c(=O)n21. The maximum Gasteiger partial charge on any atom is 0.332 e. The molecule has 0 spiro atoms. The van der Waals surface area contributed by atoms with Crippen LogP contribution in [0.3, 0.4) is 0 Å². The number of rotatable bonds is 2. The third kappa shape index (κ3) is 2.27. The molecule has 0 aliphatic rings. The number of nitrogens with zero attached hydrogens (tertiary/aromatic N) is 2. The topological polar surface area (TPSA) is 148 Å². The van der Waals surface area contributed by atoms with Crippen molar-refractivity contribution in [2.45, 2.75) is 4.90 Å². The molecule has 0 aliphatic heterocycles. The highest BCUT2D eigenvalue weighted by Gasteiger charge is 2.16. The second-order valence-electron chi connectivity index (χ2n) is 5.45. The van der Waals surface area contributed by atoms with Gasteiger partial charge in [0, 0.05) is 10.9 Å². The molecule has 0 bridgehead atoms. The zero-order chi connectivity index (χ0) is 17.9. The third-order valence-corrected chi connectivity index (χ3v) is 4.76. The van der Waals surface area contributed by atoms with Gasteiger partial charge in [-0.05, 0) is 36.4 Å². The summed E-state index contributed by atoms with van der Waals surface area (Å²) in [7, 11) is -4.41. The summed E-state index contributed by atoms with van der Waals surface area (Å²) in [6.07, 6.45) is 0. The number of carbonyl (C=O) groups excluding carboxylic acids is 1. The largest absolute Gasteiger partial charge is 0.366 e. The molecule has 0 fully saturated rings. The lowest BCUT2D eigenvalue weighted by molar-refractivity contribution is 0.100. The van der Waals surface area contributed by atoms with Gasteiger partial charge >= 0.3 is 5.69 Å². The molecule has 25 heavy (non-hydrogen) atoms. The minimum Gasteiger partial charge on any atom is -0.366 e. The Hall–Kier alpha value is -3.24. The highest BCUT2D eigenvalue weighted by molar-refractivity contribution is 7.85. The van der Waals surface area contributed by atoms with Crippen LogP contribution in [-0.4, -0.2) is 33.2 Å². The predicted molar refractivity (Wildman–Crippen MR) is 89.2 cm³/mol. The molecule has 2 heterocycles. The smallest absolute Gasteiger partial charge is 0.332 e. The Balaban J connectivity index is 2.20. The molecule has 9 nitrogen and oxygen atoms in total. The van der Waals surface area contributed by atoms with Gasteiger partial charge in [-0.25, -0.2) is 14.2 Å². The highest BCUT2D eigenvalue weighted by atomic mass is 32.2. The number of amides is 1. The molecule has 2 aromatic heterocycles. The van der Waals surface area contributed by atoms with Gasteiger partial charge in [-0.3, -0.25) is 9.35 Å². The number of imidazole rings is 1. The van der Waals surface area contributed by atoms with Crippen LogP contribution in [-0.2, 0) is 10.1 Å². The van der Waals surface area contributed by atoms with E-state index in [1.807, 2.05) is 0 Å². The van der Waals surface area contributed by atoms with E-state index in [4.69, 9.17) is 5.73 Å². The Kier molecular flexibility index (Phi) is 2.99. The van der Waals surface area contributed by atoms with E-state index in [2.05, 4.69) is 9.97 Å². The number of H-pyrrole nitrogens is 1. The van der Waals surface area contributed by atoms with Gasteiger partial charge < -0.3 is 10.7 Å². The Labute approximate surface area is 139 Å². The summed E-state index contributed by atoms with van der Waals surface area (Å²) in [6.45, 7) is 0. The molecule has 126 valence electrons. The second kappa shape index (κ2) is 4.88. The molecule has 0 atom stereocenters. The van der Waals surface area contributed by atoms with Gasteiger partial charge in [0.1, 0.15) is 0 Å². The summed E-state index contributed by atoms with van der Waals surface area (Å²) in [5.74, 6) is -0.633. The van der Waals surface area contributed by atoms with E-state index in [0.29, 0.717) is 21.9 Å². The molecular weight excluding hydrogens is 348 g/mol. The number of aromatic nitrogens is 3. The van der Waals surface area contributed by atoms with Crippen molar-refractivity contribution in [1.82, 2.24) is 14.4 Å². The van der Waals surface area contributed by atoms with Crippen LogP contribution < -0.4 is 11.4 Å². The van der Waals surface area contributed by atoms with Crippen molar-refractivity contribution in [2.75, 3.05) is 0 Å². The van der Waals surface area contributed by atoms with Crippen molar-refractivity contribution >= 4 is 43.6 Å². The van der Waals surface area contributed by atoms with Gasteiger partial charge in [-0.1, -0.05) is 0 Å². The number of hydrogen-bond acceptors (Lipinski definition) is 5. The van der Waals surface area contributed by atoms with Crippen molar-refractivity contribution < 1.29 is 17.8 Å². The molecule has 0 radical (unpaired) electrons. The van der Waals surface area contributed by atoms with E-state index in [0.717, 1.165) is 0 Å². The number of nitrogens with two attached hydrogens (primary N) is 1. The fourth-order valence-electron chi connectivity index (χ4n) is 2.77. The molecule has 0 unspecified atom stereocenters. The van der Waals surface area contributed by atoms with Crippen molar-refractivity contribution in [1.29, 1.82) is 0 Å². The molecule has 4 rings (SSSR count). The number of nitrogens with one attached hydrogen (secondary N) is 1. The maximum atomic E-state index is 12.4. The molecule has 1 amide bonds. The van der Waals surface area contributed by atoms with Crippen LogP contribution in [0.25, 0.3) is 27.6 Å². The van der Waals surface area contributed by atoms with Crippen molar-refractivity contribution in [2.24, 2.45) is 5.73 Å². The second-order valence-corrected chi connectivity index (χ2v) is 6.87. The van der Waals surface area contributed by atoms with Crippen LogP contribution in [0.4, 0.5) is 0 Å². The molecule has 10 heteroatoms. The van der Waals surface area contributed by atoms with E-state index in [1.54, 1.807) is 0 Å². The minimum absolute atomic E-state index is 0.195. The van der Waals surface area contributed by atoms with Crippen molar-refractivity contribution in [3.8, 4) is 0 Å². The summed E-state index contributed by atoms with van der Waals surface area (Å²) in [5.41, 5.74) is 6.34. The molecule has 4 aromatic rings. The first kappa shape index (κ1) is 15.3. The van der Waals surface area contributed by atoms with E-state index >= 15 is 0 Å². The summed E-state index contributed by atoms with van der Waals surface area (Å²) < 4.78 is 33.2. The van der Waals surface area contributed by atoms with Gasteiger partial charge in [-0.15, -0.1) is 0 Å². The average Bonchev–Trinajstić information content (AvgIpc) is 2.93. The molecule has 0 aliphatic carbocycles. The fraction of sp³-hybridized carbons (Fsp3) is 0. The monoisotopic (exact) mass is 358 g/mol. The third-order valence-electron chi connectivity index (χ3n) is 3.91. The Bertz CT molecular complexity index is 1370. The average molecular weight is 358 g/mol. The molecule has 4 N–H and O–H groups in total. The normalized spacial score (nSPS) is 12.2. The minimum atomic E-state index is -4.41. The Morgan fingerprint density at radius 3 is 2.64 bits per heavy atom. The van der Waals surface area contributed by atoms with E-state index in [-0.39, 0.29) is 16.1 Å². The van der Waals surface area contributed by atoms with Crippen LogP contribution in [0.2, 0.25) is 0 Å². The number of benzene rings is 2. The summed E-state index contributed by atoms with van der Waals surface area (Å²) in [5, 5.41) is 0.326. The number of fused-ring (bicyclic) bond motifs is 5. The van der Waals surface area contributed by atoms with Crippen molar-refractivity contribution in [3.05, 3.63) is 52.4 Å². The van der Waals surface area contributed by atoms with Crippen LogP contribution in [0.5, 0.6) is 0 Å². The maximum absolute atomic E-state index is 12.4. The van der Waals surface area contributed by atoms with Crippen LogP contribution >= 0.6 is 0 Å². The summed E-state index contributed by atoms with van der Waals surface area (Å²) >= 11 is 0. The highest BCUT2D eigenvalue weighted by Crippen LogP contribution is 2.24. The van der Waals surface area contributed by atoms with Gasteiger partial charge in [0.2, 0.25) is 5.91 Å². The van der Waals surface area contributed by atoms with Gasteiger partial charge in [0.05, 0.1) is 21.4 Å². The lowest BCUT2D eigenvalue weighted by Gasteiger charge is -2.03. The van der Waals surface area contributed by atoms with Crippen molar-refractivity contribution in [3.63, 3.8) is 0 Å². The first-order chi connectivity index (χ1) is 11.8. The quantitative estimate of drug-likeness (QED) is 0.449. The predicted octanol–water partition coefficient (Wildman–Crippen LogP) is 0.675. The van der Waals surface area contributed by atoms with Gasteiger partial charge in [0.25, 0.3) is 10.1 Å². The van der Waals surface area contributed by atoms with Crippen LogP contribution in [0.15, 0.2) is 46.1 Å². The molecular formula is C15H10N4O5S. The Morgan fingerprint density at radius 2 is 1.96 bits per heavy atom. The number of primary amides is 1. The number of aromatic amines is 1.